The molecule has 9 nitrogen and oxygen atoms in total. The summed E-state index contributed by atoms with van der Waals surface area (Å²) in [5, 5.41) is 2.69. The van der Waals surface area contributed by atoms with Gasteiger partial charge in [0.25, 0.3) is 0 Å². The number of ether oxygens (including phenoxy) is 9. The minimum atomic E-state index is -3.70. The summed E-state index contributed by atoms with van der Waals surface area (Å²) in [6.07, 6.45) is 2.45. The van der Waals surface area contributed by atoms with Crippen molar-refractivity contribution < 1.29 is 42.6 Å². The van der Waals surface area contributed by atoms with Crippen molar-refractivity contribution in [3.63, 3.8) is 0 Å². The zero-order chi connectivity index (χ0) is 39.2. The lowest BCUT2D eigenvalue weighted by atomic mass is 10.0. The van der Waals surface area contributed by atoms with Gasteiger partial charge in [-0.25, -0.2) is 0 Å². The lowest BCUT2D eigenvalue weighted by Gasteiger charge is -2.51. The Bertz CT molecular complexity index is 1700. The highest BCUT2D eigenvalue weighted by Gasteiger charge is 2.61. The van der Waals surface area contributed by atoms with Crippen LogP contribution in [0, 0.1) is 41.5 Å². The highest BCUT2D eigenvalue weighted by atomic mass is 28.3. The van der Waals surface area contributed by atoms with Crippen molar-refractivity contribution in [2.75, 3.05) is 64.0 Å². The van der Waals surface area contributed by atoms with E-state index < -0.39 is 13.1 Å². The molecule has 3 aromatic carbocycles. The molecule has 1 unspecified atom stereocenters. The van der Waals surface area contributed by atoms with Crippen LogP contribution in [0.25, 0.3) is 0 Å². The molecule has 0 heterocycles. The van der Waals surface area contributed by atoms with Gasteiger partial charge in [0.2, 0.25) is 17.2 Å². The highest BCUT2D eigenvalue weighted by molar-refractivity contribution is 7.15. The van der Waals surface area contributed by atoms with E-state index in [4.69, 9.17) is 42.6 Å². The minimum Gasteiger partial charge on any atom is -0.492 e. The van der Waals surface area contributed by atoms with E-state index in [1.165, 1.54) is 16.7 Å². The summed E-state index contributed by atoms with van der Waals surface area (Å²) < 4.78 is 55.7. The SMILES string of the molecule is COc1c(C)c([Si](c2c(C)c(OC)c(OC)c(OC)c2C)(c2c(C)c(OC)c(OC)c(OC)c2C)C2(C)C=C(C)C(C)=C2C)c(C)c(OC)c1OC. The molecule has 0 saturated carbocycles. The number of methoxy groups -OCH3 is 9. The van der Waals surface area contributed by atoms with E-state index in [-0.39, 0.29) is 0 Å². The fourth-order valence-electron chi connectivity index (χ4n) is 9.45. The summed E-state index contributed by atoms with van der Waals surface area (Å²) in [6.45, 7) is 21.8. The molecular formula is C42H58O9Si. The summed E-state index contributed by atoms with van der Waals surface area (Å²) >= 11 is 0. The standard InChI is InChI=1S/C42H58O9Si/c1-21-20-42(10,29(9)22(21)2)52(39-23(3)30(43-11)36(49-17)31(44-12)24(39)4,40-25(5)32(45-13)37(50-18)33(46-14)26(40)6)41-27(7)34(47-15)38(51-19)35(48-16)28(41)8/h20H,1-19H3. The molecule has 0 aliphatic heterocycles. The van der Waals surface area contributed by atoms with E-state index in [2.05, 4.69) is 75.3 Å². The number of benzene rings is 3. The summed E-state index contributed by atoms with van der Waals surface area (Å²) in [7, 11) is 11.3. The van der Waals surface area contributed by atoms with Crippen LogP contribution in [-0.2, 0) is 0 Å². The van der Waals surface area contributed by atoms with Crippen LogP contribution in [0.4, 0.5) is 0 Å². The first-order valence-corrected chi connectivity index (χ1v) is 19.3. The molecule has 52 heavy (non-hydrogen) atoms. The number of hydrogen-bond acceptors (Lipinski definition) is 9. The van der Waals surface area contributed by atoms with Gasteiger partial charge in [-0.15, -0.1) is 0 Å². The fraction of sp³-hybridized carbons (Fsp3) is 0.476. The van der Waals surface area contributed by atoms with Crippen LogP contribution in [0.1, 0.15) is 61.1 Å². The third kappa shape index (κ3) is 5.23. The maximum Gasteiger partial charge on any atom is 0.203 e. The lowest BCUT2D eigenvalue weighted by Crippen LogP contribution is -2.76. The molecule has 0 radical (unpaired) electrons. The van der Waals surface area contributed by atoms with E-state index >= 15 is 0 Å². The van der Waals surface area contributed by atoms with Crippen LogP contribution in [0.3, 0.4) is 0 Å². The van der Waals surface area contributed by atoms with Crippen molar-refractivity contribution >= 4 is 23.6 Å². The molecule has 0 bridgehead atoms. The van der Waals surface area contributed by atoms with Gasteiger partial charge in [-0.2, -0.15) is 0 Å². The molecule has 1 aliphatic carbocycles. The number of rotatable bonds is 13. The van der Waals surface area contributed by atoms with Gasteiger partial charge in [0.05, 0.1) is 64.0 Å². The van der Waals surface area contributed by atoms with Gasteiger partial charge in [-0.3, -0.25) is 0 Å². The first kappa shape index (κ1) is 40.3. The summed E-state index contributed by atoms with van der Waals surface area (Å²) in [4.78, 5) is 0. The molecule has 0 fully saturated rings. The van der Waals surface area contributed by atoms with Crippen LogP contribution in [0.15, 0.2) is 22.8 Å². The van der Waals surface area contributed by atoms with Crippen molar-refractivity contribution in [3.8, 4) is 51.7 Å². The molecule has 1 aliphatic rings. The van der Waals surface area contributed by atoms with E-state index in [9.17, 15) is 0 Å². The van der Waals surface area contributed by atoms with Gasteiger partial charge in [0.15, 0.2) is 42.6 Å². The Kier molecular flexibility index (Phi) is 11.5. The van der Waals surface area contributed by atoms with Crippen LogP contribution >= 0.6 is 0 Å². The van der Waals surface area contributed by atoms with Crippen molar-refractivity contribution in [2.24, 2.45) is 0 Å². The van der Waals surface area contributed by atoms with Crippen LogP contribution in [-0.4, -0.2) is 72.1 Å². The number of allylic oxidation sites excluding steroid dienone is 4. The molecule has 0 saturated heterocycles. The average Bonchev–Trinajstić information content (AvgIpc) is 3.32. The van der Waals surface area contributed by atoms with Gasteiger partial charge < -0.3 is 42.6 Å². The minimum absolute atomic E-state index is 0.537. The molecule has 1 atom stereocenters. The van der Waals surface area contributed by atoms with Crippen LogP contribution in [0.2, 0.25) is 5.04 Å². The Morgan fingerprint density at radius 3 is 0.731 bits per heavy atom. The third-order valence-electron chi connectivity index (χ3n) is 11.7. The Balaban J connectivity index is 2.71. The van der Waals surface area contributed by atoms with Gasteiger partial charge in [-0.05, 0) is 117 Å². The first-order chi connectivity index (χ1) is 24.6. The van der Waals surface area contributed by atoms with E-state index in [1.807, 2.05) is 0 Å². The molecule has 10 heteroatoms. The summed E-state index contributed by atoms with van der Waals surface area (Å²) in [6, 6.07) is 0. The molecule has 0 aromatic heterocycles. The summed E-state index contributed by atoms with van der Waals surface area (Å²) in [5.41, 5.74) is 9.34. The van der Waals surface area contributed by atoms with Crippen molar-refractivity contribution in [1.29, 1.82) is 0 Å². The Morgan fingerprint density at radius 1 is 0.365 bits per heavy atom. The smallest absolute Gasteiger partial charge is 0.203 e. The Hall–Kier alpha value is -4.44. The fourth-order valence-corrected chi connectivity index (χ4v) is 17.0. The molecule has 0 N–H and O–H groups in total. The van der Waals surface area contributed by atoms with Gasteiger partial charge in [0, 0.05) is 5.04 Å². The summed E-state index contributed by atoms with van der Waals surface area (Å²) in [5.74, 6) is 5.21. The lowest BCUT2D eigenvalue weighted by molar-refractivity contribution is 0.321. The Morgan fingerprint density at radius 2 is 0.577 bits per heavy atom. The first-order valence-electron chi connectivity index (χ1n) is 17.3. The molecule has 4 rings (SSSR count). The molecule has 0 amide bonds. The quantitative estimate of drug-likeness (QED) is 0.135. The second kappa shape index (κ2) is 14.9. The zero-order valence-corrected chi connectivity index (χ0v) is 35.8. The maximum atomic E-state index is 6.26. The predicted octanol–water partition coefficient (Wildman–Crippen LogP) is 7.14. The van der Waals surface area contributed by atoms with Gasteiger partial charge >= 0.3 is 0 Å². The van der Waals surface area contributed by atoms with Gasteiger partial charge in [0.1, 0.15) is 0 Å². The van der Waals surface area contributed by atoms with Crippen molar-refractivity contribution in [1.82, 2.24) is 0 Å². The van der Waals surface area contributed by atoms with Gasteiger partial charge in [-0.1, -0.05) is 24.1 Å². The molecular weight excluding hydrogens is 677 g/mol. The highest BCUT2D eigenvalue weighted by Crippen LogP contribution is 2.58. The van der Waals surface area contributed by atoms with E-state index in [0.717, 1.165) is 48.9 Å². The molecule has 3 aromatic rings. The molecule has 284 valence electrons. The van der Waals surface area contributed by atoms with E-state index in [1.54, 1.807) is 64.0 Å². The zero-order valence-electron chi connectivity index (χ0n) is 34.8. The largest absolute Gasteiger partial charge is 0.492 e. The predicted molar refractivity (Wildman–Crippen MR) is 212 cm³/mol. The topological polar surface area (TPSA) is 83.1 Å². The monoisotopic (exact) mass is 734 g/mol. The normalized spacial score (nSPS) is 15.7. The Labute approximate surface area is 311 Å². The molecule has 0 spiro atoms. The number of hydrogen-bond donors (Lipinski definition) is 0. The van der Waals surface area contributed by atoms with Crippen LogP contribution < -0.4 is 58.2 Å². The second-order valence-electron chi connectivity index (χ2n) is 13.7. The van der Waals surface area contributed by atoms with Crippen LogP contribution in [0.5, 0.6) is 51.7 Å². The third-order valence-corrected chi connectivity index (χ3v) is 18.3. The average molecular weight is 735 g/mol. The van der Waals surface area contributed by atoms with Crippen molar-refractivity contribution in [2.45, 2.75) is 74.3 Å². The van der Waals surface area contributed by atoms with E-state index in [0.29, 0.717) is 51.7 Å². The second-order valence-corrected chi connectivity index (χ2v) is 17.7. The maximum absolute atomic E-state index is 6.26. The van der Waals surface area contributed by atoms with Crippen molar-refractivity contribution in [3.05, 3.63) is 56.2 Å².